The summed E-state index contributed by atoms with van der Waals surface area (Å²) in [6, 6.07) is 7.74. The molecule has 1 N–H and O–H groups in total. The van der Waals surface area contributed by atoms with Crippen LogP contribution in [0.4, 0.5) is 5.69 Å². The fourth-order valence-electron chi connectivity index (χ4n) is 2.10. The summed E-state index contributed by atoms with van der Waals surface area (Å²) in [6.07, 6.45) is 0. The first kappa shape index (κ1) is 13.1. The molecule has 1 aromatic carbocycles. The van der Waals surface area contributed by atoms with Gasteiger partial charge in [0.05, 0.1) is 19.3 Å². The van der Waals surface area contributed by atoms with Gasteiger partial charge in [-0.3, -0.25) is 9.69 Å². The molecule has 18 heavy (non-hydrogen) atoms. The third kappa shape index (κ3) is 3.31. The lowest BCUT2D eigenvalue weighted by molar-refractivity contribution is -0.122. The van der Waals surface area contributed by atoms with E-state index in [1.165, 1.54) is 0 Å². The summed E-state index contributed by atoms with van der Waals surface area (Å²) in [5.41, 5.74) is 2.01. The van der Waals surface area contributed by atoms with Gasteiger partial charge in [-0.15, -0.1) is 0 Å². The zero-order valence-electron chi connectivity index (χ0n) is 11.0. The average Bonchev–Trinajstić information content (AvgIpc) is 2.39. The number of carbonyl (C=O) groups excluding carboxylic acids is 1. The first-order chi connectivity index (χ1) is 8.66. The van der Waals surface area contributed by atoms with E-state index in [0.717, 1.165) is 24.3 Å². The van der Waals surface area contributed by atoms with Crippen molar-refractivity contribution in [1.29, 1.82) is 0 Å². The molecule has 1 heterocycles. The van der Waals surface area contributed by atoms with Crippen molar-refractivity contribution in [2.75, 3.05) is 31.6 Å². The Hall–Kier alpha value is -1.39. The lowest BCUT2D eigenvalue weighted by Crippen LogP contribution is -2.47. The summed E-state index contributed by atoms with van der Waals surface area (Å²) in [5, 5.41) is 2.96. The third-order valence-electron chi connectivity index (χ3n) is 3.26. The number of rotatable bonds is 3. The number of aryl methyl sites for hydroxylation is 1. The van der Waals surface area contributed by atoms with Gasteiger partial charge in [0.2, 0.25) is 5.91 Å². The number of morpholine rings is 1. The van der Waals surface area contributed by atoms with E-state index in [9.17, 15) is 4.79 Å². The Morgan fingerprint density at radius 2 is 2.11 bits per heavy atom. The van der Waals surface area contributed by atoms with Crippen LogP contribution in [0.25, 0.3) is 0 Å². The van der Waals surface area contributed by atoms with Crippen LogP contribution in [0, 0.1) is 6.92 Å². The van der Waals surface area contributed by atoms with E-state index >= 15 is 0 Å². The molecule has 98 valence electrons. The number of hydrogen-bond acceptors (Lipinski definition) is 3. The van der Waals surface area contributed by atoms with Gasteiger partial charge in [0, 0.05) is 18.8 Å². The number of anilines is 1. The van der Waals surface area contributed by atoms with Crippen molar-refractivity contribution in [3.05, 3.63) is 29.8 Å². The minimum atomic E-state index is -0.116. The molecule has 0 radical (unpaired) electrons. The van der Waals surface area contributed by atoms with Gasteiger partial charge in [-0.1, -0.05) is 12.1 Å². The van der Waals surface area contributed by atoms with Crippen molar-refractivity contribution in [2.24, 2.45) is 0 Å². The largest absolute Gasteiger partial charge is 0.379 e. The molecule has 1 atom stereocenters. The van der Waals surface area contributed by atoms with Crippen LogP contribution in [-0.2, 0) is 9.53 Å². The topological polar surface area (TPSA) is 41.6 Å². The molecule has 0 saturated carbocycles. The van der Waals surface area contributed by atoms with Crippen LogP contribution < -0.4 is 5.32 Å². The SMILES string of the molecule is Cc1cccc(NC(=O)C(C)N2CCOCC2)c1. The average molecular weight is 248 g/mol. The van der Waals surface area contributed by atoms with Crippen molar-refractivity contribution >= 4 is 11.6 Å². The Morgan fingerprint density at radius 3 is 2.78 bits per heavy atom. The van der Waals surface area contributed by atoms with E-state index in [4.69, 9.17) is 4.74 Å². The number of ether oxygens (including phenoxy) is 1. The van der Waals surface area contributed by atoms with Gasteiger partial charge >= 0.3 is 0 Å². The van der Waals surface area contributed by atoms with Gasteiger partial charge in [0.25, 0.3) is 0 Å². The van der Waals surface area contributed by atoms with Crippen LogP contribution in [0.15, 0.2) is 24.3 Å². The molecule has 4 heteroatoms. The molecule has 0 aromatic heterocycles. The van der Waals surface area contributed by atoms with Crippen LogP contribution in [0.1, 0.15) is 12.5 Å². The Morgan fingerprint density at radius 1 is 1.39 bits per heavy atom. The Bertz CT molecular complexity index is 414. The second-order valence-corrected chi connectivity index (χ2v) is 4.68. The lowest BCUT2D eigenvalue weighted by Gasteiger charge is -2.31. The number of amides is 1. The Kier molecular flexibility index (Phi) is 4.33. The Labute approximate surface area is 108 Å². The molecular weight excluding hydrogens is 228 g/mol. The number of nitrogens with zero attached hydrogens (tertiary/aromatic N) is 1. The summed E-state index contributed by atoms with van der Waals surface area (Å²) in [5.74, 6) is 0.0440. The highest BCUT2D eigenvalue weighted by atomic mass is 16.5. The van der Waals surface area contributed by atoms with Crippen LogP contribution >= 0.6 is 0 Å². The predicted molar refractivity (Wildman–Crippen MR) is 71.7 cm³/mol. The van der Waals surface area contributed by atoms with Crippen LogP contribution in [-0.4, -0.2) is 43.2 Å². The maximum atomic E-state index is 12.1. The highest BCUT2D eigenvalue weighted by Gasteiger charge is 2.22. The van der Waals surface area contributed by atoms with E-state index in [-0.39, 0.29) is 11.9 Å². The van der Waals surface area contributed by atoms with Crippen LogP contribution in [0.5, 0.6) is 0 Å². The van der Waals surface area contributed by atoms with E-state index in [0.29, 0.717) is 13.2 Å². The molecule has 1 amide bonds. The molecule has 2 rings (SSSR count). The summed E-state index contributed by atoms with van der Waals surface area (Å²) >= 11 is 0. The zero-order chi connectivity index (χ0) is 13.0. The number of carbonyl (C=O) groups is 1. The van der Waals surface area contributed by atoms with E-state index in [1.807, 2.05) is 38.1 Å². The normalized spacial score (nSPS) is 18.3. The van der Waals surface area contributed by atoms with Crippen molar-refractivity contribution in [1.82, 2.24) is 4.90 Å². The predicted octanol–water partition coefficient (Wildman–Crippen LogP) is 1.65. The smallest absolute Gasteiger partial charge is 0.241 e. The summed E-state index contributed by atoms with van der Waals surface area (Å²) in [4.78, 5) is 14.3. The fraction of sp³-hybridized carbons (Fsp3) is 0.500. The van der Waals surface area contributed by atoms with Gasteiger partial charge < -0.3 is 10.1 Å². The van der Waals surface area contributed by atoms with Gasteiger partial charge in [-0.05, 0) is 31.5 Å². The standard InChI is InChI=1S/C14H20N2O2/c1-11-4-3-5-13(10-11)15-14(17)12(2)16-6-8-18-9-7-16/h3-5,10,12H,6-9H2,1-2H3,(H,15,17). The second kappa shape index (κ2) is 5.98. The van der Waals surface area contributed by atoms with E-state index in [2.05, 4.69) is 10.2 Å². The molecular formula is C14H20N2O2. The van der Waals surface area contributed by atoms with Gasteiger partial charge in [0.15, 0.2) is 0 Å². The monoisotopic (exact) mass is 248 g/mol. The first-order valence-electron chi connectivity index (χ1n) is 6.36. The van der Waals surface area contributed by atoms with Crippen molar-refractivity contribution < 1.29 is 9.53 Å². The van der Waals surface area contributed by atoms with E-state index < -0.39 is 0 Å². The second-order valence-electron chi connectivity index (χ2n) is 4.68. The quantitative estimate of drug-likeness (QED) is 0.884. The van der Waals surface area contributed by atoms with E-state index in [1.54, 1.807) is 0 Å². The zero-order valence-corrected chi connectivity index (χ0v) is 11.0. The van der Waals surface area contributed by atoms with Gasteiger partial charge in [-0.2, -0.15) is 0 Å². The van der Waals surface area contributed by atoms with Crippen LogP contribution in [0.3, 0.4) is 0 Å². The van der Waals surface area contributed by atoms with Crippen molar-refractivity contribution in [3.63, 3.8) is 0 Å². The molecule has 1 fully saturated rings. The molecule has 1 unspecified atom stereocenters. The molecule has 4 nitrogen and oxygen atoms in total. The molecule has 1 aliphatic heterocycles. The van der Waals surface area contributed by atoms with Crippen molar-refractivity contribution in [3.8, 4) is 0 Å². The highest BCUT2D eigenvalue weighted by molar-refractivity contribution is 5.94. The molecule has 1 saturated heterocycles. The van der Waals surface area contributed by atoms with Gasteiger partial charge in [-0.25, -0.2) is 0 Å². The third-order valence-corrected chi connectivity index (χ3v) is 3.26. The van der Waals surface area contributed by atoms with Gasteiger partial charge in [0.1, 0.15) is 0 Å². The molecule has 1 aromatic rings. The lowest BCUT2D eigenvalue weighted by atomic mass is 10.2. The highest BCUT2D eigenvalue weighted by Crippen LogP contribution is 2.11. The molecule has 0 spiro atoms. The summed E-state index contributed by atoms with van der Waals surface area (Å²) in [6.45, 7) is 7.02. The van der Waals surface area contributed by atoms with Crippen LogP contribution in [0.2, 0.25) is 0 Å². The molecule has 1 aliphatic rings. The Balaban J connectivity index is 1.94. The van der Waals surface area contributed by atoms with Crippen molar-refractivity contribution in [2.45, 2.75) is 19.9 Å². The maximum Gasteiger partial charge on any atom is 0.241 e. The first-order valence-corrected chi connectivity index (χ1v) is 6.36. The molecule has 0 aliphatic carbocycles. The minimum Gasteiger partial charge on any atom is -0.379 e. The number of hydrogen-bond donors (Lipinski definition) is 1. The number of nitrogens with one attached hydrogen (secondary N) is 1. The summed E-state index contributed by atoms with van der Waals surface area (Å²) < 4.78 is 5.29. The number of benzene rings is 1. The summed E-state index contributed by atoms with van der Waals surface area (Å²) in [7, 11) is 0. The fourth-order valence-corrected chi connectivity index (χ4v) is 2.10. The maximum absolute atomic E-state index is 12.1. The minimum absolute atomic E-state index is 0.0440. The molecule has 0 bridgehead atoms.